The van der Waals surface area contributed by atoms with Gasteiger partial charge in [-0.15, -0.1) is 0 Å². The molecule has 1 N–H and O–H groups in total. The number of carbonyl (C=O) groups excluding carboxylic acids is 1. The average Bonchev–Trinajstić information content (AvgIpc) is 2.93. The van der Waals surface area contributed by atoms with Gasteiger partial charge in [-0.05, 0) is 51.2 Å². The van der Waals surface area contributed by atoms with Crippen molar-refractivity contribution in [2.24, 2.45) is 5.92 Å². The highest BCUT2D eigenvalue weighted by molar-refractivity contribution is 7.93. The molecule has 2 aromatic rings. The van der Waals surface area contributed by atoms with Crippen LogP contribution in [0.1, 0.15) is 46.3 Å². The van der Waals surface area contributed by atoms with Crippen LogP contribution in [0.5, 0.6) is 0 Å². The predicted molar refractivity (Wildman–Crippen MR) is 108 cm³/mol. The van der Waals surface area contributed by atoms with Crippen LogP contribution in [-0.2, 0) is 10.0 Å². The van der Waals surface area contributed by atoms with Crippen LogP contribution in [0.25, 0.3) is 0 Å². The number of nitrogens with zero attached hydrogens (tertiary/aromatic N) is 2. The lowest BCUT2D eigenvalue weighted by atomic mass is 10.0. The summed E-state index contributed by atoms with van der Waals surface area (Å²) in [6.45, 7) is 9.04. The Bertz CT molecular complexity index is 967. The molecule has 6 nitrogen and oxygen atoms in total. The van der Waals surface area contributed by atoms with Crippen molar-refractivity contribution in [2.45, 2.75) is 45.4 Å². The van der Waals surface area contributed by atoms with Crippen LogP contribution in [-0.4, -0.2) is 37.3 Å². The number of aromatic nitrogens is 1. The van der Waals surface area contributed by atoms with Crippen LogP contribution >= 0.6 is 11.3 Å². The minimum absolute atomic E-state index is 0.0616. The summed E-state index contributed by atoms with van der Waals surface area (Å²) in [5.74, 6) is 0.423. The van der Waals surface area contributed by atoms with Gasteiger partial charge in [0.1, 0.15) is 4.88 Å². The van der Waals surface area contributed by atoms with E-state index < -0.39 is 10.0 Å². The highest BCUT2D eigenvalue weighted by Gasteiger charge is 2.27. The number of rotatable bonds is 4. The average molecular weight is 408 g/mol. The maximum absolute atomic E-state index is 12.8. The minimum atomic E-state index is -3.75. The monoisotopic (exact) mass is 407 g/mol. The van der Waals surface area contributed by atoms with Crippen LogP contribution in [0.4, 0.5) is 5.13 Å². The Morgan fingerprint density at radius 2 is 2.04 bits per heavy atom. The number of sulfonamides is 1. The van der Waals surface area contributed by atoms with Gasteiger partial charge in [0.2, 0.25) is 0 Å². The first-order chi connectivity index (χ1) is 12.7. The van der Waals surface area contributed by atoms with Gasteiger partial charge in [0, 0.05) is 13.1 Å². The second kappa shape index (κ2) is 7.59. The van der Waals surface area contributed by atoms with Gasteiger partial charge in [-0.3, -0.25) is 9.52 Å². The van der Waals surface area contributed by atoms with Gasteiger partial charge in [-0.2, -0.15) is 0 Å². The summed E-state index contributed by atoms with van der Waals surface area (Å²) in [6, 6.07) is 5.18. The number of nitrogens with one attached hydrogen (secondary N) is 1. The lowest BCUT2D eigenvalue weighted by Crippen LogP contribution is -2.39. The van der Waals surface area contributed by atoms with E-state index in [1.54, 1.807) is 26.0 Å². The summed E-state index contributed by atoms with van der Waals surface area (Å²) in [7, 11) is -3.75. The fourth-order valence-corrected chi connectivity index (χ4v) is 5.82. The quantitative estimate of drug-likeness (QED) is 0.837. The number of carbonyl (C=O) groups is 1. The van der Waals surface area contributed by atoms with E-state index in [1.165, 1.54) is 0 Å². The third kappa shape index (κ3) is 4.32. The summed E-state index contributed by atoms with van der Waals surface area (Å²) in [6.07, 6.45) is 2.13. The number of benzene rings is 1. The molecule has 1 aliphatic rings. The molecule has 146 valence electrons. The van der Waals surface area contributed by atoms with Crippen LogP contribution in [0.15, 0.2) is 23.1 Å². The fourth-order valence-electron chi connectivity index (χ4n) is 3.43. The zero-order valence-electron chi connectivity index (χ0n) is 16.1. The van der Waals surface area contributed by atoms with Crippen LogP contribution in [0.2, 0.25) is 0 Å². The number of thiazole rings is 1. The minimum Gasteiger partial charge on any atom is -0.338 e. The molecule has 3 rings (SSSR count). The van der Waals surface area contributed by atoms with E-state index in [-0.39, 0.29) is 15.9 Å². The number of aryl methyl sites for hydroxylation is 3. The highest BCUT2D eigenvalue weighted by Crippen LogP contribution is 2.28. The zero-order valence-corrected chi connectivity index (χ0v) is 17.7. The first kappa shape index (κ1) is 19.8. The molecule has 1 saturated heterocycles. The lowest BCUT2D eigenvalue weighted by molar-refractivity contribution is 0.0687. The first-order valence-corrected chi connectivity index (χ1v) is 11.3. The number of hydrogen-bond donors (Lipinski definition) is 1. The Kier molecular flexibility index (Phi) is 5.58. The van der Waals surface area contributed by atoms with Gasteiger partial charge in [-0.25, -0.2) is 13.4 Å². The molecule has 0 aliphatic carbocycles. The van der Waals surface area contributed by atoms with Crippen LogP contribution in [0, 0.1) is 26.7 Å². The molecular weight excluding hydrogens is 382 g/mol. The van der Waals surface area contributed by atoms with Crippen molar-refractivity contribution in [2.75, 3.05) is 17.8 Å². The Labute approximate surface area is 164 Å². The van der Waals surface area contributed by atoms with E-state index in [0.29, 0.717) is 22.1 Å². The van der Waals surface area contributed by atoms with Crippen molar-refractivity contribution in [1.29, 1.82) is 0 Å². The lowest BCUT2D eigenvalue weighted by Gasteiger charge is -2.30. The van der Waals surface area contributed by atoms with Gasteiger partial charge in [0.25, 0.3) is 15.9 Å². The molecular formula is C19H25N3O3S2. The van der Waals surface area contributed by atoms with Gasteiger partial charge < -0.3 is 4.90 Å². The predicted octanol–water partition coefficient (Wildman–Crippen LogP) is 3.74. The van der Waals surface area contributed by atoms with Crippen molar-refractivity contribution < 1.29 is 13.2 Å². The summed E-state index contributed by atoms with van der Waals surface area (Å²) in [5.41, 5.74) is 2.23. The molecule has 1 unspecified atom stereocenters. The maximum Gasteiger partial charge on any atom is 0.265 e. The fraction of sp³-hybridized carbons (Fsp3) is 0.474. The molecule has 0 bridgehead atoms. The smallest absolute Gasteiger partial charge is 0.265 e. The highest BCUT2D eigenvalue weighted by atomic mass is 32.2. The van der Waals surface area contributed by atoms with E-state index in [4.69, 9.17) is 0 Å². The summed E-state index contributed by atoms with van der Waals surface area (Å²) < 4.78 is 28.0. The second-order valence-electron chi connectivity index (χ2n) is 7.31. The Balaban J connectivity index is 1.82. The molecule has 2 heterocycles. The van der Waals surface area contributed by atoms with Gasteiger partial charge >= 0.3 is 0 Å². The van der Waals surface area contributed by atoms with E-state index in [2.05, 4.69) is 16.6 Å². The third-order valence-corrected chi connectivity index (χ3v) is 7.47. The number of likely N-dealkylation sites (tertiary alicyclic amines) is 1. The molecule has 0 spiro atoms. The molecule has 27 heavy (non-hydrogen) atoms. The van der Waals surface area contributed by atoms with Crippen LogP contribution in [0.3, 0.4) is 0 Å². The second-order valence-corrected chi connectivity index (χ2v) is 9.96. The molecule has 0 saturated carbocycles. The molecule has 1 aromatic heterocycles. The normalized spacial score (nSPS) is 17.8. The van der Waals surface area contributed by atoms with Crippen molar-refractivity contribution in [3.63, 3.8) is 0 Å². The van der Waals surface area contributed by atoms with E-state index in [9.17, 15) is 13.2 Å². The summed E-state index contributed by atoms with van der Waals surface area (Å²) in [4.78, 5) is 19.7. The van der Waals surface area contributed by atoms with Crippen molar-refractivity contribution in [1.82, 2.24) is 9.88 Å². The standard InChI is InChI=1S/C19H25N3O3S2/c1-12-7-8-16(14(3)10-12)27(24,25)21-19-20-15(4)17(26-19)18(23)22-9-5-6-13(2)11-22/h7-8,10,13H,5-6,9,11H2,1-4H3,(H,20,21). The SMILES string of the molecule is Cc1ccc(S(=O)(=O)Nc2nc(C)c(C(=O)N3CCCC(C)C3)s2)c(C)c1. The largest absolute Gasteiger partial charge is 0.338 e. The number of hydrogen-bond acceptors (Lipinski definition) is 5. The number of amides is 1. The van der Waals surface area contributed by atoms with Gasteiger partial charge in [0.05, 0.1) is 10.6 Å². The molecule has 0 radical (unpaired) electrons. The van der Waals surface area contributed by atoms with Crippen LogP contribution < -0.4 is 4.72 Å². The van der Waals surface area contributed by atoms with E-state index >= 15 is 0 Å². The van der Waals surface area contributed by atoms with Gasteiger partial charge in [-0.1, -0.05) is 36.0 Å². The molecule has 1 fully saturated rings. The zero-order chi connectivity index (χ0) is 19.8. The summed E-state index contributed by atoms with van der Waals surface area (Å²) >= 11 is 1.10. The first-order valence-electron chi connectivity index (χ1n) is 9.04. The van der Waals surface area contributed by atoms with Crippen molar-refractivity contribution in [3.8, 4) is 0 Å². The number of piperidine rings is 1. The third-order valence-electron chi connectivity index (χ3n) is 4.78. The van der Waals surface area contributed by atoms with Crippen molar-refractivity contribution >= 4 is 32.4 Å². The molecule has 8 heteroatoms. The molecule has 1 aromatic carbocycles. The number of anilines is 1. The van der Waals surface area contributed by atoms with Gasteiger partial charge in [0.15, 0.2) is 5.13 Å². The topological polar surface area (TPSA) is 79.4 Å². The van der Waals surface area contributed by atoms with E-state index in [0.717, 1.165) is 42.8 Å². The Morgan fingerprint density at radius 3 is 2.70 bits per heavy atom. The molecule has 1 aliphatic heterocycles. The molecule has 1 atom stereocenters. The Morgan fingerprint density at radius 1 is 1.30 bits per heavy atom. The maximum atomic E-state index is 12.8. The molecule has 1 amide bonds. The summed E-state index contributed by atoms with van der Waals surface area (Å²) in [5, 5.41) is 0.223. The Hall–Kier alpha value is -1.93. The van der Waals surface area contributed by atoms with E-state index in [1.807, 2.05) is 17.9 Å². The van der Waals surface area contributed by atoms with Crippen molar-refractivity contribution in [3.05, 3.63) is 39.9 Å².